The maximum absolute atomic E-state index is 12.4. The maximum Gasteiger partial charge on any atom is 0.308 e. The summed E-state index contributed by atoms with van der Waals surface area (Å²) in [6.45, 7) is 1.96. The maximum atomic E-state index is 12.4. The van der Waals surface area contributed by atoms with Gasteiger partial charge in [-0.3, -0.25) is 14.4 Å². The Labute approximate surface area is 158 Å². The molecule has 27 heavy (non-hydrogen) atoms. The second kappa shape index (κ2) is 8.98. The SMILES string of the molecule is Cc1cccc(CC(CNC(=O)c2cccc(C(=O)N(C)C)c2)C(=O)O)c1. The molecule has 6 nitrogen and oxygen atoms in total. The van der Waals surface area contributed by atoms with Crippen LogP contribution in [0.3, 0.4) is 0 Å². The molecule has 2 N–H and O–H groups in total. The van der Waals surface area contributed by atoms with Gasteiger partial charge in [-0.25, -0.2) is 0 Å². The first kappa shape index (κ1) is 20.2. The lowest BCUT2D eigenvalue weighted by atomic mass is 9.98. The standard InChI is InChI=1S/C21H24N2O4/c1-14-6-4-7-15(10-14)11-18(21(26)27)13-22-19(24)16-8-5-9-17(12-16)20(25)23(2)3/h4-10,12,18H,11,13H2,1-3H3,(H,22,24)(H,26,27). The van der Waals surface area contributed by atoms with Crippen molar-refractivity contribution in [2.75, 3.05) is 20.6 Å². The van der Waals surface area contributed by atoms with E-state index in [1.807, 2.05) is 31.2 Å². The second-order valence-corrected chi connectivity index (χ2v) is 6.72. The molecule has 0 spiro atoms. The number of nitrogens with one attached hydrogen (secondary N) is 1. The summed E-state index contributed by atoms with van der Waals surface area (Å²) in [5.74, 6) is -2.30. The Morgan fingerprint density at radius 3 is 2.33 bits per heavy atom. The van der Waals surface area contributed by atoms with E-state index in [1.165, 1.54) is 11.0 Å². The van der Waals surface area contributed by atoms with Crippen LogP contribution in [0.5, 0.6) is 0 Å². The molecule has 2 rings (SSSR count). The lowest BCUT2D eigenvalue weighted by Crippen LogP contribution is -2.34. The molecule has 0 heterocycles. The molecule has 1 unspecified atom stereocenters. The molecule has 0 fully saturated rings. The van der Waals surface area contributed by atoms with Crippen molar-refractivity contribution in [3.63, 3.8) is 0 Å². The van der Waals surface area contributed by atoms with Crippen LogP contribution in [0.1, 0.15) is 31.8 Å². The first-order valence-corrected chi connectivity index (χ1v) is 8.66. The molecule has 2 aromatic rings. The molecule has 1 atom stereocenters. The van der Waals surface area contributed by atoms with Crippen molar-refractivity contribution in [2.24, 2.45) is 5.92 Å². The van der Waals surface area contributed by atoms with Crippen molar-refractivity contribution in [3.05, 3.63) is 70.8 Å². The molecule has 6 heteroatoms. The summed E-state index contributed by atoms with van der Waals surface area (Å²) >= 11 is 0. The van der Waals surface area contributed by atoms with Gasteiger partial charge in [0.1, 0.15) is 0 Å². The number of amides is 2. The second-order valence-electron chi connectivity index (χ2n) is 6.72. The Morgan fingerprint density at radius 2 is 1.70 bits per heavy atom. The highest BCUT2D eigenvalue weighted by Gasteiger charge is 2.20. The monoisotopic (exact) mass is 368 g/mol. The largest absolute Gasteiger partial charge is 0.481 e. The molecule has 2 aromatic carbocycles. The number of benzene rings is 2. The molecule has 0 saturated heterocycles. The Bertz CT molecular complexity index is 846. The fourth-order valence-electron chi connectivity index (χ4n) is 2.74. The normalized spacial score (nSPS) is 11.5. The summed E-state index contributed by atoms with van der Waals surface area (Å²) in [7, 11) is 3.27. The van der Waals surface area contributed by atoms with Gasteiger partial charge < -0.3 is 15.3 Å². The summed E-state index contributed by atoms with van der Waals surface area (Å²) in [6, 6.07) is 14.0. The van der Waals surface area contributed by atoms with Crippen LogP contribution in [0.2, 0.25) is 0 Å². The van der Waals surface area contributed by atoms with Gasteiger partial charge in [0.25, 0.3) is 11.8 Å². The fourth-order valence-corrected chi connectivity index (χ4v) is 2.74. The number of rotatable bonds is 7. The van der Waals surface area contributed by atoms with Crippen LogP contribution in [0.4, 0.5) is 0 Å². The zero-order valence-corrected chi connectivity index (χ0v) is 15.7. The molecule has 0 aliphatic heterocycles. The highest BCUT2D eigenvalue weighted by molar-refractivity contribution is 5.99. The van der Waals surface area contributed by atoms with Crippen LogP contribution >= 0.6 is 0 Å². The number of carbonyl (C=O) groups is 3. The summed E-state index contributed by atoms with van der Waals surface area (Å²) in [5.41, 5.74) is 2.70. The van der Waals surface area contributed by atoms with E-state index in [2.05, 4.69) is 5.32 Å². The van der Waals surface area contributed by atoms with Gasteiger partial charge in [0, 0.05) is 31.8 Å². The van der Waals surface area contributed by atoms with Crippen molar-refractivity contribution >= 4 is 17.8 Å². The Kier molecular flexibility index (Phi) is 6.71. The van der Waals surface area contributed by atoms with Crippen molar-refractivity contribution in [2.45, 2.75) is 13.3 Å². The van der Waals surface area contributed by atoms with E-state index in [0.717, 1.165) is 11.1 Å². The molecular formula is C21H24N2O4. The van der Waals surface area contributed by atoms with Gasteiger partial charge in [0.15, 0.2) is 0 Å². The van der Waals surface area contributed by atoms with Gasteiger partial charge in [-0.1, -0.05) is 35.9 Å². The van der Waals surface area contributed by atoms with E-state index in [4.69, 9.17) is 0 Å². The molecule has 142 valence electrons. The average Bonchev–Trinajstić information content (AvgIpc) is 2.64. The molecule has 2 amide bonds. The number of aliphatic carboxylic acids is 1. The minimum absolute atomic E-state index is 0.00790. The van der Waals surface area contributed by atoms with Gasteiger partial charge in [-0.2, -0.15) is 0 Å². The minimum Gasteiger partial charge on any atom is -0.481 e. The number of carboxylic acid groups (broad SMARTS) is 1. The number of hydrogen-bond acceptors (Lipinski definition) is 3. The van der Waals surface area contributed by atoms with Crippen molar-refractivity contribution in [3.8, 4) is 0 Å². The lowest BCUT2D eigenvalue weighted by Gasteiger charge is -2.15. The van der Waals surface area contributed by atoms with Crippen LogP contribution in [0, 0.1) is 12.8 Å². The van der Waals surface area contributed by atoms with Gasteiger partial charge in [0.05, 0.1) is 5.92 Å². The smallest absolute Gasteiger partial charge is 0.308 e. The molecule has 0 aliphatic rings. The first-order valence-electron chi connectivity index (χ1n) is 8.66. The highest BCUT2D eigenvalue weighted by atomic mass is 16.4. The molecular weight excluding hydrogens is 344 g/mol. The number of hydrogen-bond donors (Lipinski definition) is 2. The van der Waals surface area contributed by atoms with E-state index in [9.17, 15) is 19.5 Å². The van der Waals surface area contributed by atoms with Crippen LogP contribution < -0.4 is 5.32 Å². The van der Waals surface area contributed by atoms with E-state index in [1.54, 1.807) is 32.3 Å². The zero-order chi connectivity index (χ0) is 20.0. The molecule has 0 bridgehead atoms. The summed E-state index contributed by atoms with van der Waals surface area (Å²) in [5, 5.41) is 12.1. The zero-order valence-electron chi connectivity index (χ0n) is 15.7. The van der Waals surface area contributed by atoms with E-state index >= 15 is 0 Å². The third kappa shape index (κ3) is 5.67. The Morgan fingerprint density at radius 1 is 1.04 bits per heavy atom. The lowest BCUT2D eigenvalue weighted by molar-refractivity contribution is -0.141. The van der Waals surface area contributed by atoms with Crippen molar-refractivity contribution in [1.82, 2.24) is 10.2 Å². The number of carbonyl (C=O) groups excluding carboxylic acids is 2. The quantitative estimate of drug-likeness (QED) is 0.786. The van der Waals surface area contributed by atoms with Crippen LogP contribution in [-0.2, 0) is 11.2 Å². The fraction of sp³-hybridized carbons (Fsp3) is 0.286. The molecule has 0 aromatic heterocycles. The van der Waals surface area contributed by atoms with E-state index in [0.29, 0.717) is 17.5 Å². The van der Waals surface area contributed by atoms with Gasteiger partial charge in [-0.15, -0.1) is 0 Å². The van der Waals surface area contributed by atoms with Crippen molar-refractivity contribution in [1.29, 1.82) is 0 Å². The number of aryl methyl sites for hydroxylation is 1. The van der Waals surface area contributed by atoms with Crippen LogP contribution in [0.25, 0.3) is 0 Å². The number of nitrogens with zero attached hydrogens (tertiary/aromatic N) is 1. The summed E-state index contributed by atoms with van der Waals surface area (Å²) < 4.78 is 0. The predicted molar refractivity (Wildman–Crippen MR) is 103 cm³/mol. The molecule has 0 radical (unpaired) electrons. The molecule has 0 aliphatic carbocycles. The van der Waals surface area contributed by atoms with Crippen LogP contribution in [0.15, 0.2) is 48.5 Å². The molecule has 0 saturated carbocycles. The van der Waals surface area contributed by atoms with Gasteiger partial charge in [0.2, 0.25) is 0 Å². The predicted octanol–water partition coefficient (Wildman–Crippen LogP) is 2.37. The van der Waals surface area contributed by atoms with E-state index < -0.39 is 17.8 Å². The number of carboxylic acids is 1. The average molecular weight is 368 g/mol. The van der Waals surface area contributed by atoms with Crippen LogP contribution in [-0.4, -0.2) is 48.4 Å². The van der Waals surface area contributed by atoms with E-state index in [-0.39, 0.29) is 12.5 Å². The third-order valence-corrected chi connectivity index (χ3v) is 4.20. The highest BCUT2D eigenvalue weighted by Crippen LogP contribution is 2.12. The Hall–Kier alpha value is -3.15. The van der Waals surface area contributed by atoms with Gasteiger partial charge >= 0.3 is 5.97 Å². The first-order chi connectivity index (χ1) is 12.8. The topological polar surface area (TPSA) is 86.7 Å². The Balaban J connectivity index is 2.04. The van der Waals surface area contributed by atoms with Crippen molar-refractivity contribution < 1.29 is 19.5 Å². The third-order valence-electron chi connectivity index (χ3n) is 4.20. The summed E-state index contributed by atoms with van der Waals surface area (Å²) in [6.07, 6.45) is 0.330. The summed E-state index contributed by atoms with van der Waals surface area (Å²) in [4.78, 5) is 37.4. The van der Waals surface area contributed by atoms with Gasteiger partial charge in [-0.05, 0) is 37.1 Å². The minimum atomic E-state index is -0.964.